The number of piperidine rings is 3. The molecule has 2 bridgehead atoms. The lowest BCUT2D eigenvalue weighted by atomic mass is 9.62. The molecule has 3 unspecified atom stereocenters. The average molecular weight is 335 g/mol. The zero-order chi connectivity index (χ0) is 17.6. The SMILES string of the molecule is Cc1ccc(C)c(C(C)(O)C2C3CCN(CC3)C2c2ccccc2)c1. The Kier molecular flexibility index (Phi) is 4.21. The van der Waals surface area contributed by atoms with E-state index in [-0.39, 0.29) is 5.92 Å². The molecule has 3 aliphatic heterocycles. The van der Waals surface area contributed by atoms with Crippen molar-refractivity contribution in [2.75, 3.05) is 13.1 Å². The molecule has 2 aromatic rings. The molecular weight excluding hydrogens is 306 g/mol. The number of hydrogen-bond donors (Lipinski definition) is 1. The summed E-state index contributed by atoms with van der Waals surface area (Å²) in [4.78, 5) is 2.60. The minimum absolute atomic E-state index is 0.234. The highest BCUT2D eigenvalue weighted by atomic mass is 16.3. The van der Waals surface area contributed by atoms with E-state index in [1.54, 1.807) is 0 Å². The van der Waals surface area contributed by atoms with Crippen LogP contribution in [0.2, 0.25) is 0 Å². The lowest BCUT2D eigenvalue weighted by molar-refractivity contribution is -0.127. The monoisotopic (exact) mass is 335 g/mol. The van der Waals surface area contributed by atoms with Crippen LogP contribution in [0.1, 0.15) is 48.1 Å². The van der Waals surface area contributed by atoms with Crippen LogP contribution in [0, 0.1) is 25.7 Å². The van der Waals surface area contributed by atoms with Gasteiger partial charge < -0.3 is 5.11 Å². The third kappa shape index (κ3) is 2.82. The largest absolute Gasteiger partial charge is 0.385 e. The molecule has 1 N–H and O–H groups in total. The van der Waals surface area contributed by atoms with Crippen molar-refractivity contribution in [2.45, 2.75) is 45.3 Å². The molecule has 3 heterocycles. The van der Waals surface area contributed by atoms with Gasteiger partial charge in [-0.05, 0) is 69.3 Å². The third-order valence-electron chi connectivity index (χ3n) is 6.54. The summed E-state index contributed by atoms with van der Waals surface area (Å²) >= 11 is 0. The van der Waals surface area contributed by atoms with E-state index in [9.17, 15) is 5.11 Å². The van der Waals surface area contributed by atoms with Crippen LogP contribution >= 0.6 is 0 Å². The van der Waals surface area contributed by atoms with E-state index < -0.39 is 5.60 Å². The Morgan fingerprint density at radius 2 is 1.68 bits per heavy atom. The van der Waals surface area contributed by atoms with Crippen molar-refractivity contribution in [1.82, 2.24) is 4.90 Å². The second-order valence-electron chi connectivity index (χ2n) is 8.22. The van der Waals surface area contributed by atoms with Crippen molar-refractivity contribution in [1.29, 1.82) is 0 Å². The van der Waals surface area contributed by atoms with Crippen LogP contribution in [0.4, 0.5) is 0 Å². The fourth-order valence-corrected chi connectivity index (χ4v) is 5.34. The Morgan fingerprint density at radius 3 is 2.36 bits per heavy atom. The molecule has 0 amide bonds. The topological polar surface area (TPSA) is 23.5 Å². The van der Waals surface area contributed by atoms with E-state index in [1.807, 2.05) is 0 Å². The molecule has 25 heavy (non-hydrogen) atoms. The predicted molar refractivity (Wildman–Crippen MR) is 102 cm³/mol. The van der Waals surface area contributed by atoms with Crippen LogP contribution in [-0.4, -0.2) is 23.1 Å². The molecular formula is C23H29NO. The van der Waals surface area contributed by atoms with Crippen LogP contribution in [-0.2, 0) is 5.60 Å². The summed E-state index contributed by atoms with van der Waals surface area (Å²) in [5.74, 6) is 0.822. The molecule has 3 atom stereocenters. The van der Waals surface area contributed by atoms with E-state index in [4.69, 9.17) is 0 Å². The molecule has 0 aliphatic carbocycles. The van der Waals surface area contributed by atoms with Crippen LogP contribution in [0.15, 0.2) is 48.5 Å². The quantitative estimate of drug-likeness (QED) is 0.886. The number of aryl methyl sites for hydroxylation is 2. The van der Waals surface area contributed by atoms with Crippen LogP contribution in [0.3, 0.4) is 0 Å². The minimum atomic E-state index is -0.819. The van der Waals surface area contributed by atoms with Gasteiger partial charge in [0.05, 0.1) is 5.60 Å². The van der Waals surface area contributed by atoms with E-state index in [0.717, 1.165) is 18.7 Å². The van der Waals surface area contributed by atoms with Gasteiger partial charge in [-0.25, -0.2) is 0 Å². The summed E-state index contributed by atoms with van der Waals surface area (Å²) in [7, 11) is 0. The second kappa shape index (κ2) is 6.26. The Bertz CT molecular complexity index is 744. The van der Waals surface area contributed by atoms with Crippen molar-refractivity contribution < 1.29 is 5.11 Å². The summed E-state index contributed by atoms with van der Waals surface area (Å²) in [6.45, 7) is 8.61. The predicted octanol–water partition coefficient (Wildman–Crippen LogP) is 4.59. The normalized spacial score (nSPS) is 30.9. The van der Waals surface area contributed by atoms with Gasteiger partial charge in [-0.15, -0.1) is 0 Å². The number of benzene rings is 2. The van der Waals surface area contributed by atoms with E-state index in [2.05, 4.69) is 74.2 Å². The van der Waals surface area contributed by atoms with Gasteiger partial charge in [0, 0.05) is 12.0 Å². The lowest BCUT2D eigenvalue weighted by Gasteiger charge is -2.56. The smallest absolute Gasteiger partial charge is 0.0920 e. The number of fused-ring (bicyclic) bond motifs is 3. The average Bonchev–Trinajstić information content (AvgIpc) is 2.64. The van der Waals surface area contributed by atoms with Gasteiger partial charge in [0.15, 0.2) is 0 Å². The van der Waals surface area contributed by atoms with E-state index in [1.165, 1.54) is 29.5 Å². The van der Waals surface area contributed by atoms with Crippen molar-refractivity contribution in [2.24, 2.45) is 11.8 Å². The van der Waals surface area contributed by atoms with Crippen molar-refractivity contribution in [3.05, 3.63) is 70.8 Å². The minimum Gasteiger partial charge on any atom is -0.385 e. The summed E-state index contributed by atoms with van der Waals surface area (Å²) < 4.78 is 0. The highest BCUT2D eigenvalue weighted by Gasteiger charge is 2.51. The molecule has 2 nitrogen and oxygen atoms in total. The van der Waals surface area contributed by atoms with Gasteiger partial charge in [-0.1, -0.05) is 54.1 Å². The molecule has 3 saturated heterocycles. The lowest BCUT2D eigenvalue weighted by Crippen LogP contribution is -2.56. The fourth-order valence-electron chi connectivity index (χ4n) is 5.34. The van der Waals surface area contributed by atoms with E-state index in [0.29, 0.717) is 12.0 Å². The van der Waals surface area contributed by atoms with Gasteiger partial charge in [-0.3, -0.25) is 4.90 Å². The van der Waals surface area contributed by atoms with Crippen LogP contribution in [0.25, 0.3) is 0 Å². The number of hydrogen-bond acceptors (Lipinski definition) is 2. The molecule has 0 saturated carbocycles. The molecule has 2 aromatic carbocycles. The summed E-state index contributed by atoms with van der Waals surface area (Å²) in [6, 6.07) is 17.6. The van der Waals surface area contributed by atoms with Gasteiger partial charge >= 0.3 is 0 Å². The summed E-state index contributed by atoms with van der Waals surface area (Å²) in [6.07, 6.45) is 2.41. The third-order valence-corrected chi connectivity index (χ3v) is 6.54. The molecule has 2 heteroatoms. The highest BCUT2D eigenvalue weighted by Crippen LogP contribution is 2.53. The maximum atomic E-state index is 11.8. The first kappa shape index (κ1) is 16.8. The highest BCUT2D eigenvalue weighted by molar-refractivity contribution is 5.37. The molecule has 3 aliphatic rings. The first-order valence-electron chi connectivity index (χ1n) is 9.57. The first-order chi connectivity index (χ1) is 12.0. The standard InChI is InChI=1S/C23H29NO/c1-16-9-10-17(2)20(15-16)23(3,25)21-18-11-13-24(14-12-18)22(21)19-7-5-4-6-8-19/h4-10,15,18,21-22,25H,11-14H2,1-3H3. The van der Waals surface area contributed by atoms with Gasteiger partial charge in [-0.2, -0.15) is 0 Å². The molecule has 0 aromatic heterocycles. The Hall–Kier alpha value is -1.64. The van der Waals surface area contributed by atoms with Crippen LogP contribution in [0.5, 0.6) is 0 Å². The van der Waals surface area contributed by atoms with Gasteiger partial charge in [0.25, 0.3) is 0 Å². The molecule has 5 rings (SSSR count). The number of nitrogens with zero attached hydrogens (tertiary/aromatic N) is 1. The Balaban J connectivity index is 1.81. The zero-order valence-corrected chi connectivity index (χ0v) is 15.6. The second-order valence-corrected chi connectivity index (χ2v) is 8.22. The number of aliphatic hydroxyl groups is 1. The summed E-state index contributed by atoms with van der Waals surface area (Å²) in [5.41, 5.74) is 4.05. The maximum absolute atomic E-state index is 11.8. The fraction of sp³-hybridized carbons (Fsp3) is 0.478. The number of rotatable bonds is 3. The van der Waals surface area contributed by atoms with E-state index >= 15 is 0 Å². The molecule has 3 fully saturated rings. The maximum Gasteiger partial charge on any atom is 0.0920 e. The first-order valence-corrected chi connectivity index (χ1v) is 9.57. The molecule has 132 valence electrons. The zero-order valence-electron chi connectivity index (χ0n) is 15.6. The van der Waals surface area contributed by atoms with Crippen molar-refractivity contribution >= 4 is 0 Å². The van der Waals surface area contributed by atoms with Crippen molar-refractivity contribution in [3.8, 4) is 0 Å². The van der Waals surface area contributed by atoms with Crippen molar-refractivity contribution in [3.63, 3.8) is 0 Å². The van der Waals surface area contributed by atoms with Gasteiger partial charge in [0.1, 0.15) is 0 Å². The van der Waals surface area contributed by atoms with Gasteiger partial charge in [0.2, 0.25) is 0 Å². The molecule has 0 spiro atoms. The Labute approximate surface area is 151 Å². The molecule has 0 radical (unpaired) electrons. The summed E-state index contributed by atoms with van der Waals surface area (Å²) in [5, 5.41) is 11.8. The Morgan fingerprint density at radius 1 is 1.00 bits per heavy atom. The van der Waals surface area contributed by atoms with Crippen LogP contribution < -0.4 is 0 Å².